The molecule has 0 amide bonds. The van der Waals surface area contributed by atoms with Gasteiger partial charge in [-0.3, -0.25) is 0 Å². The molecule has 0 bridgehead atoms. The average molecular weight is 205 g/mol. The third kappa shape index (κ3) is 2.18. The monoisotopic (exact) mass is 205 g/mol. The quantitative estimate of drug-likeness (QED) is 0.765. The molecule has 15 heavy (non-hydrogen) atoms. The lowest BCUT2D eigenvalue weighted by Gasteiger charge is -1.99. The van der Waals surface area contributed by atoms with E-state index in [1.807, 2.05) is 19.9 Å². The third-order valence-corrected chi connectivity index (χ3v) is 2.06. The van der Waals surface area contributed by atoms with Crippen LogP contribution in [-0.4, -0.2) is 16.0 Å². The van der Waals surface area contributed by atoms with Crippen LogP contribution < -0.4 is 0 Å². The van der Waals surface area contributed by atoms with Crippen molar-refractivity contribution in [3.8, 4) is 5.75 Å². The van der Waals surface area contributed by atoms with Crippen LogP contribution in [0.3, 0.4) is 0 Å². The van der Waals surface area contributed by atoms with E-state index in [1.54, 1.807) is 29.0 Å². The number of carbonyl (C=O) groups excluding carboxylic acids is 1. The molecule has 2 rings (SSSR count). The summed E-state index contributed by atoms with van der Waals surface area (Å²) in [4.78, 5) is 10.3. The maximum absolute atomic E-state index is 10.3. The van der Waals surface area contributed by atoms with E-state index < -0.39 is 0 Å². The van der Waals surface area contributed by atoms with Gasteiger partial charge in [0.05, 0.1) is 12.1 Å². The number of phenols is 1. The highest BCUT2D eigenvalue weighted by Gasteiger charge is 2.02. The standard InChI is InChI=1S/C10H9NO2.C2H6/c12-7-6-11-5-4-8-9(11)2-1-3-10(8)13;1-2/h1-5,7,13H,6H2;1-2H3. The number of aromatic hydroxyl groups is 1. The summed E-state index contributed by atoms with van der Waals surface area (Å²) in [5, 5.41) is 10.2. The van der Waals surface area contributed by atoms with Crippen LogP contribution in [0.25, 0.3) is 10.9 Å². The van der Waals surface area contributed by atoms with Gasteiger partial charge < -0.3 is 14.5 Å². The van der Waals surface area contributed by atoms with Crippen molar-refractivity contribution in [1.29, 1.82) is 0 Å². The molecule has 0 radical (unpaired) electrons. The van der Waals surface area contributed by atoms with E-state index >= 15 is 0 Å². The Morgan fingerprint density at radius 3 is 2.73 bits per heavy atom. The number of fused-ring (bicyclic) bond motifs is 1. The van der Waals surface area contributed by atoms with Gasteiger partial charge in [0, 0.05) is 11.6 Å². The van der Waals surface area contributed by atoms with Gasteiger partial charge in [-0.1, -0.05) is 19.9 Å². The number of rotatable bonds is 2. The highest BCUT2D eigenvalue weighted by Crippen LogP contribution is 2.24. The fraction of sp³-hybridized carbons (Fsp3) is 0.250. The first-order chi connectivity index (χ1) is 7.33. The van der Waals surface area contributed by atoms with Gasteiger partial charge in [-0.05, 0) is 18.2 Å². The minimum Gasteiger partial charge on any atom is -0.507 e. The molecule has 0 fully saturated rings. The van der Waals surface area contributed by atoms with Crippen LogP contribution >= 0.6 is 0 Å². The Balaban J connectivity index is 0.000000531. The molecule has 0 unspecified atom stereocenters. The number of hydrogen-bond donors (Lipinski definition) is 1. The van der Waals surface area contributed by atoms with Gasteiger partial charge in [-0.15, -0.1) is 0 Å². The van der Waals surface area contributed by atoms with E-state index in [9.17, 15) is 9.90 Å². The molecule has 0 spiro atoms. The Bertz CT molecular complexity index is 446. The van der Waals surface area contributed by atoms with E-state index in [1.165, 1.54) is 0 Å². The fourth-order valence-corrected chi connectivity index (χ4v) is 1.45. The van der Waals surface area contributed by atoms with Crippen molar-refractivity contribution in [3.63, 3.8) is 0 Å². The molecule has 0 aliphatic carbocycles. The van der Waals surface area contributed by atoms with Crippen LogP contribution in [0.2, 0.25) is 0 Å². The second-order valence-electron chi connectivity index (χ2n) is 2.84. The van der Waals surface area contributed by atoms with Crippen LogP contribution in [0.5, 0.6) is 5.75 Å². The Morgan fingerprint density at radius 1 is 1.33 bits per heavy atom. The molecular weight excluding hydrogens is 190 g/mol. The smallest absolute Gasteiger partial charge is 0.139 e. The molecule has 0 aliphatic rings. The van der Waals surface area contributed by atoms with E-state index in [0.717, 1.165) is 17.2 Å². The topological polar surface area (TPSA) is 42.2 Å². The summed E-state index contributed by atoms with van der Waals surface area (Å²) in [6.45, 7) is 4.33. The Kier molecular flexibility index (Phi) is 3.92. The van der Waals surface area contributed by atoms with E-state index in [4.69, 9.17) is 0 Å². The molecule has 80 valence electrons. The van der Waals surface area contributed by atoms with Gasteiger partial charge in [-0.2, -0.15) is 0 Å². The third-order valence-electron chi connectivity index (χ3n) is 2.06. The Morgan fingerprint density at radius 2 is 2.07 bits per heavy atom. The lowest BCUT2D eigenvalue weighted by Crippen LogP contribution is -1.95. The molecule has 1 N–H and O–H groups in total. The maximum Gasteiger partial charge on any atom is 0.139 e. The van der Waals surface area contributed by atoms with Crippen molar-refractivity contribution < 1.29 is 9.90 Å². The molecule has 0 atom stereocenters. The Labute approximate surface area is 89.0 Å². The number of hydrogen-bond acceptors (Lipinski definition) is 2. The summed E-state index contributed by atoms with van der Waals surface area (Å²) < 4.78 is 1.79. The van der Waals surface area contributed by atoms with Gasteiger partial charge >= 0.3 is 0 Å². The SMILES string of the molecule is CC.O=CCn1ccc2c(O)cccc21. The second kappa shape index (κ2) is 5.20. The first-order valence-corrected chi connectivity index (χ1v) is 5.03. The molecule has 2 aromatic rings. The normalized spacial score (nSPS) is 9.47. The maximum atomic E-state index is 10.3. The number of aldehydes is 1. The molecule has 0 aliphatic heterocycles. The number of phenolic OH excluding ortho intramolecular Hbond substituents is 1. The first-order valence-electron chi connectivity index (χ1n) is 5.03. The second-order valence-corrected chi connectivity index (χ2v) is 2.84. The molecule has 1 aromatic carbocycles. The van der Waals surface area contributed by atoms with Crippen molar-refractivity contribution in [1.82, 2.24) is 4.57 Å². The number of aromatic nitrogens is 1. The highest BCUT2D eigenvalue weighted by atomic mass is 16.3. The summed E-state index contributed by atoms with van der Waals surface area (Å²) in [5.41, 5.74) is 0.882. The van der Waals surface area contributed by atoms with Crippen molar-refractivity contribution in [3.05, 3.63) is 30.5 Å². The summed E-state index contributed by atoms with van der Waals surface area (Å²) in [6, 6.07) is 7.07. The minimum absolute atomic E-state index is 0.252. The average Bonchev–Trinajstić information content (AvgIpc) is 2.67. The van der Waals surface area contributed by atoms with Crippen LogP contribution in [0, 0.1) is 0 Å². The Hall–Kier alpha value is -1.77. The van der Waals surface area contributed by atoms with E-state index in [2.05, 4.69) is 0 Å². The van der Waals surface area contributed by atoms with E-state index in [0.29, 0.717) is 6.54 Å². The van der Waals surface area contributed by atoms with Gasteiger partial charge in [-0.25, -0.2) is 0 Å². The minimum atomic E-state index is 0.252. The predicted molar refractivity (Wildman–Crippen MR) is 61.0 cm³/mol. The summed E-state index contributed by atoms with van der Waals surface area (Å²) >= 11 is 0. The first kappa shape index (κ1) is 11.3. The fourth-order valence-electron chi connectivity index (χ4n) is 1.45. The van der Waals surface area contributed by atoms with Crippen molar-refractivity contribution in [2.24, 2.45) is 0 Å². The van der Waals surface area contributed by atoms with Gasteiger partial charge in [0.2, 0.25) is 0 Å². The lowest BCUT2D eigenvalue weighted by atomic mass is 10.2. The molecule has 3 nitrogen and oxygen atoms in total. The van der Waals surface area contributed by atoms with Crippen molar-refractivity contribution in [2.45, 2.75) is 20.4 Å². The summed E-state index contributed by atoms with van der Waals surface area (Å²) in [5.74, 6) is 0.252. The molecule has 1 heterocycles. The largest absolute Gasteiger partial charge is 0.507 e. The predicted octanol–water partition coefficient (Wildman–Crippen LogP) is 2.57. The van der Waals surface area contributed by atoms with Gasteiger partial charge in [0.15, 0.2) is 0 Å². The van der Waals surface area contributed by atoms with Crippen LogP contribution in [0.15, 0.2) is 30.5 Å². The lowest BCUT2D eigenvalue weighted by molar-refractivity contribution is -0.108. The number of nitrogens with zero attached hydrogens (tertiary/aromatic N) is 1. The van der Waals surface area contributed by atoms with Crippen LogP contribution in [0.1, 0.15) is 13.8 Å². The van der Waals surface area contributed by atoms with Gasteiger partial charge in [0.1, 0.15) is 12.0 Å². The number of benzene rings is 1. The zero-order valence-corrected chi connectivity index (χ0v) is 8.97. The zero-order valence-electron chi connectivity index (χ0n) is 8.97. The van der Waals surface area contributed by atoms with Crippen LogP contribution in [0.4, 0.5) is 0 Å². The van der Waals surface area contributed by atoms with Crippen molar-refractivity contribution in [2.75, 3.05) is 0 Å². The highest BCUT2D eigenvalue weighted by molar-refractivity contribution is 5.86. The van der Waals surface area contributed by atoms with Gasteiger partial charge in [0.25, 0.3) is 0 Å². The molecule has 3 heteroatoms. The summed E-state index contributed by atoms with van der Waals surface area (Å²) in [7, 11) is 0. The molecule has 1 aromatic heterocycles. The molecular formula is C12H15NO2. The van der Waals surface area contributed by atoms with E-state index in [-0.39, 0.29) is 5.75 Å². The van der Waals surface area contributed by atoms with Crippen LogP contribution in [-0.2, 0) is 11.3 Å². The zero-order chi connectivity index (χ0) is 11.3. The van der Waals surface area contributed by atoms with Crippen molar-refractivity contribution >= 4 is 17.2 Å². The molecule has 0 saturated carbocycles. The number of carbonyl (C=O) groups is 1. The summed E-state index contributed by atoms with van der Waals surface area (Å²) in [6.07, 6.45) is 2.63. The molecule has 0 saturated heterocycles.